The zero-order valence-corrected chi connectivity index (χ0v) is 11.9. The molecule has 3 heteroatoms. The van der Waals surface area contributed by atoms with Gasteiger partial charge in [-0.05, 0) is 17.9 Å². The number of likely N-dealkylation sites (tertiary alicyclic amines) is 1. The van der Waals surface area contributed by atoms with E-state index in [1.807, 2.05) is 18.2 Å². The van der Waals surface area contributed by atoms with Crippen molar-refractivity contribution in [1.82, 2.24) is 4.90 Å². The summed E-state index contributed by atoms with van der Waals surface area (Å²) in [6, 6.07) is 10.2. The van der Waals surface area contributed by atoms with Crippen molar-refractivity contribution < 1.29 is 10.2 Å². The van der Waals surface area contributed by atoms with Gasteiger partial charge in [0.05, 0.1) is 12.7 Å². The summed E-state index contributed by atoms with van der Waals surface area (Å²) in [5, 5.41) is 19.6. The van der Waals surface area contributed by atoms with Gasteiger partial charge >= 0.3 is 0 Å². The first-order valence-electron chi connectivity index (χ1n) is 7.12. The van der Waals surface area contributed by atoms with Gasteiger partial charge < -0.3 is 15.1 Å². The lowest BCUT2D eigenvalue weighted by atomic mass is 9.82. The van der Waals surface area contributed by atoms with Gasteiger partial charge in [-0.2, -0.15) is 0 Å². The highest BCUT2D eigenvalue weighted by Gasteiger charge is 2.32. The molecule has 0 amide bonds. The summed E-state index contributed by atoms with van der Waals surface area (Å²) in [6.45, 7) is 7.00. The van der Waals surface area contributed by atoms with Crippen LogP contribution < -0.4 is 0 Å². The van der Waals surface area contributed by atoms with Crippen molar-refractivity contribution in [2.75, 3.05) is 26.2 Å². The van der Waals surface area contributed by atoms with Crippen LogP contribution in [-0.4, -0.2) is 47.5 Å². The Bertz CT molecular complexity index is 395. The first-order valence-corrected chi connectivity index (χ1v) is 7.12. The third-order valence-corrected chi connectivity index (χ3v) is 4.34. The Labute approximate surface area is 115 Å². The Morgan fingerprint density at radius 2 is 2.00 bits per heavy atom. The fraction of sp³-hybridized carbons (Fsp3) is 0.625. The van der Waals surface area contributed by atoms with Crippen LogP contribution in [0.5, 0.6) is 0 Å². The van der Waals surface area contributed by atoms with E-state index in [2.05, 4.69) is 30.9 Å². The first kappa shape index (κ1) is 14.5. The molecule has 0 aromatic heterocycles. The molecule has 1 fully saturated rings. The molecule has 3 unspecified atom stereocenters. The number of hydrogen-bond acceptors (Lipinski definition) is 3. The summed E-state index contributed by atoms with van der Waals surface area (Å²) < 4.78 is 0. The van der Waals surface area contributed by atoms with E-state index >= 15 is 0 Å². The zero-order chi connectivity index (χ0) is 13.9. The molecule has 1 aliphatic rings. The van der Waals surface area contributed by atoms with Crippen molar-refractivity contribution in [3.63, 3.8) is 0 Å². The van der Waals surface area contributed by atoms with Gasteiger partial charge in [-0.15, -0.1) is 0 Å². The predicted octanol–water partition coefficient (Wildman–Crippen LogP) is 1.64. The highest BCUT2D eigenvalue weighted by molar-refractivity contribution is 5.25. The van der Waals surface area contributed by atoms with Gasteiger partial charge in [-0.3, -0.25) is 0 Å². The van der Waals surface area contributed by atoms with Crippen molar-refractivity contribution >= 4 is 0 Å². The summed E-state index contributed by atoms with van der Waals surface area (Å²) in [5.74, 6) is 0.312. The van der Waals surface area contributed by atoms with Crippen LogP contribution in [-0.2, 0) is 5.41 Å². The van der Waals surface area contributed by atoms with Crippen LogP contribution >= 0.6 is 0 Å². The van der Waals surface area contributed by atoms with Gasteiger partial charge in [0.2, 0.25) is 0 Å². The van der Waals surface area contributed by atoms with Crippen molar-refractivity contribution in [3.05, 3.63) is 35.9 Å². The largest absolute Gasteiger partial charge is 0.395 e. The highest BCUT2D eigenvalue weighted by atomic mass is 16.3. The number of nitrogens with zero attached hydrogens (tertiary/aromatic N) is 1. The molecule has 0 bridgehead atoms. The lowest BCUT2D eigenvalue weighted by molar-refractivity contribution is 0.0215. The maximum absolute atomic E-state index is 9.81. The molecule has 3 atom stereocenters. The Kier molecular flexibility index (Phi) is 4.61. The standard InChI is InChI=1S/C16H25NO2/c1-13-10-17(9-8-15(13)19)11-16(2,12-18)14-6-4-3-5-7-14/h3-7,13,15,18-19H,8-12H2,1-2H3. The van der Waals surface area contributed by atoms with E-state index in [9.17, 15) is 10.2 Å². The van der Waals surface area contributed by atoms with Gasteiger partial charge in [-0.25, -0.2) is 0 Å². The van der Waals surface area contributed by atoms with Gasteiger partial charge in [-0.1, -0.05) is 44.2 Å². The van der Waals surface area contributed by atoms with Crippen molar-refractivity contribution in [3.8, 4) is 0 Å². The molecule has 0 saturated carbocycles. The van der Waals surface area contributed by atoms with Crippen LogP contribution in [0.3, 0.4) is 0 Å². The minimum atomic E-state index is -0.233. The number of hydrogen-bond donors (Lipinski definition) is 2. The maximum atomic E-state index is 9.81. The molecular formula is C16H25NO2. The summed E-state index contributed by atoms with van der Waals surface area (Å²) in [6.07, 6.45) is 0.658. The second-order valence-electron chi connectivity index (χ2n) is 6.15. The van der Waals surface area contributed by atoms with Gasteiger partial charge in [0, 0.05) is 25.0 Å². The molecule has 1 aromatic carbocycles. The van der Waals surface area contributed by atoms with Crippen molar-refractivity contribution in [1.29, 1.82) is 0 Å². The fourth-order valence-corrected chi connectivity index (χ4v) is 2.93. The Morgan fingerprint density at radius 1 is 1.32 bits per heavy atom. The zero-order valence-electron chi connectivity index (χ0n) is 11.9. The second-order valence-corrected chi connectivity index (χ2v) is 6.15. The monoisotopic (exact) mass is 263 g/mol. The van der Waals surface area contributed by atoms with Crippen LogP contribution in [0.15, 0.2) is 30.3 Å². The number of aliphatic hydroxyl groups is 2. The van der Waals surface area contributed by atoms with Gasteiger partial charge in [0.25, 0.3) is 0 Å². The molecule has 19 heavy (non-hydrogen) atoms. The van der Waals surface area contributed by atoms with E-state index in [1.165, 1.54) is 5.56 Å². The second kappa shape index (κ2) is 6.04. The summed E-state index contributed by atoms with van der Waals surface area (Å²) in [4.78, 5) is 2.36. The van der Waals surface area contributed by atoms with Crippen molar-refractivity contribution in [2.45, 2.75) is 31.8 Å². The molecule has 1 heterocycles. The summed E-state index contributed by atoms with van der Waals surface area (Å²) in [5.41, 5.74) is 0.944. The van der Waals surface area contributed by atoms with Crippen LogP contribution in [0.1, 0.15) is 25.8 Å². The minimum Gasteiger partial charge on any atom is -0.395 e. The smallest absolute Gasteiger partial charge is 0.0590 e. The van der Waals surface area contributed by atoms with E-state index in [1.54, 1.807) is 0 Å². The lowest BCUT2D eigenvalue weighted by Crippen LogP contribution is -2.48. The topological polar surface area (TPSA) is 43.7 Å². The highest BCUT2D eigenvalue weighted by Crippen LogP contribution is 2.27. The first-order chi connectivity index (χ1) is 9.05. The Morgan fingerprint density at radius 3 is 2.58 bits per heavy atom. The van der Waals surface area contributed by atoms with E-state index < -0.39 is 0 Å². The van der Waals surface area contributed by atoms with E-state index in [-0.39, 0.29) is 18.1 Å². The van der Waals surface area contributed by atoms with Crippen LogP contribution in [0.4, 0.5) is 0 Å². The molecule has 1 saturated heterocycles. The molecule has 2 N–H and O–H groups in total. The normalized spacial score (nSPS) is 28.0. The predicted molar refractivity (Wildman–Crippen MR) is 77.1 cm³/mol. The molecule has 1 aromatic rings. The number of benzene rings is 1. The minimum absolute atomic E-state index is 0.143. The molecule has 0 spiro atoms. The summed E-state index contributed by atoms with van der Waals surface area (Å²) >= 11 is 0. The number of rotatable bonds is 4. The van der Waals surface area contributed by atoms with Crippen LogP contribution in [0.25, 0.3) is 0 Å². The third kappa shape index (κ3) is 3.35. The van der Waals surface area contributed by atoms with E-state index in [0.29, 0.717) is 5.92 Å². The van der Waals surface area contributed by atoms with E-state index in [0.717, 1.165) is 26.1 Å². The third-order valence-electron chi connectivity index (χ3n) is 4.34. The van der Waals surface area contributed by atoms with Crippen LogP contribution in [0, 0.1) is 5.92 Å². The van der Waals surface area contributed by atoms with E-state index in [4.69, 9.17) is 0 Å². The summed E-state index contributed by atoms with van der Waals surface area (Å²) in [7, 11) is 0. The maximum Gasteiger partial charge on any atom is 0.0590 e. The fourth-order valence-electron chi connectivity index (χ4n) is 2.93. The molecule has 3 nitrogen and oxygen atoms in total. The number of aliphatic hydroxyl groups excluding tert-OH is 2. The van der Waals surface area contributed by atoms with Gasteiger partial charge in [0.15, 0.2) is 0 Å². The quantitative estimate of drug-likeness (QED) is 0.868. The SMILES string of the molecule is CC1CN(CC(C)(CO)c2ccccc2)CCC1O. The Balaban J connectivity index is 2.07. The molecule has 0 radical (unpaired) electrons. The number of piperidine rings is 1. The molecule has 2 rings (SSSR count). The van der Waals surface area contributed by atoms with Crippen molar-refractivity contribution in [2.24, 2.45) is 5.92 Å². The molecular weight excluding hydrogens is 238 g/mol. The van der Waals surface area contributed by atoms with Crippen LogP contribution in [0.2, 0.25) is 0 Å². The molecule has 0 aliphatic carbocycles. The Hall–Kier alpha value is -0.900. The van der Waals surface area contributed by atoms with Gasteiger partial charge in [0.1, 0.15) is 0 Å². The molecule has 1 aliphatic heterocycles. The molecule has 106 valence electrons. The lowest BCUT2D eigenvalue weighted by Gasteiger charge is -2.40. The average molecular weight is 263 g/mol. The average Bonchev–Trinajstić information content (AvgIpc) is 2.44.